The maximum atomic E-state index is 10.1. The number of benzene rings is 1. The predicted octanol–water partition coefficient (Wildman–Crippen LogP) is 4.87. The number of aliphatic hydroxyl groups excluding tert-OH is 1. The molecule has 0 aromatic heterocycles. The third kappa shape index (κ3) is 5.66. The molecule has 2 atom stereocenters. The first-order valence-corrected chi connectivity index (χ1v) is 7.04. The summed E-state index contributed by atoms with van der Waals surface area (Å²) in [5.74, 6) is 0.519. The molecule has 0 unspecified atom stereocenters. The number of aliphatic hydroxyl groups is 1. The van der Waals surface area contributed by atoms with E-state index in [0.717, 1.165) is 6.42 Å². The molecule has 0 aliphatic heterocycles. The summed E-state index contributed by atoms with van der Waals surface area (Å²) in [4.78, 5) is 0. The number of rotatable bonds is 5. The van der Waals surface area contributed by atoms with Crippen LogP contribution in [0.25, 0.3) is 0 Å². The zero-order valence-corrected chi connectivity index (χ0v) is 14.0. The van der Waals surface area contributed by atoms with Crippen molar-refractivity contribution in [2.75, 3.05) is 0 Å². The fourth-order valence-corrected chi connectivity index (χ4v) is 2.45. The Kier molecular flexibility index (Phi) is 8.69. The zero-order valence-electron chi connectivity index (χ0n) is 10.9. The van der Waals surface area contributed by atoms with Crippen molar-refractivity contribution in [3.63, 3.8) is 0 Å². The number of nitrogens with two attached hydrogens (primary N) is 1. The van der Waals surface area contributed by atoms with E-state index < -0.39 is 12.1 Å². The first-order chi connectivity index (χ1) is 8.32. The van der Waals surface area contributed by atoms with Gasteiger partial charge in [-0.05, 0) is 36.5 Å². The van der Waals surface area contributed by atoms with Gasteiger partial charge in [0.15, 0.2) is 0 Å². The highest BCUT2D eigenvalue weighted by molar-refractivity contribution is 6.43. The molecule has 6 heteroatoms. The minimum absolute atomic E-state index is 0. The number of hydrogen-bond donors (Lipinski definition) is 2. The number of hydrogen-bond acceptors (Lipinski definition) is 2. The van der Waals surface area contributed by atoms with E-state index in [1.165, 1.54) is 0 Å². The van der Waals surface area contributed by atoms with Gasteiger partial charge in [-0.2, -0.15) is 0 Å². The molecule has 0 aliphatic rings. The van der Waals surface area contributed by atoms with Crippen molar-refractivity contribution in [2.24, 2.45) is 11.7 Å². The summed E-state index contributed by atoms with van der Waals surface area (Å²) in [6.07, 6.45) is 0.875. The minimum atomic E-state index is -0.653. The second-order valence-electron chi connectivity index (χ2n) is 4.86. The monoisotopic (exact) mass is 345 g/mol. The molecular formula is C13H19Cl4NO. The Balaban J connectivity index is 0.00000324. The van der Waals surface area contributed by atoms with Crippen LogP contribution in [0, 0.1) is 5.92 Å². The third-order valence-electron chi connectivity index (χ3n) is 2.83. The van der Waals surface area contributed by atoms with Gasteiger partial charge in [0.1, 0.15) is 0 Å². The van der Waals surface area contributed by atoms with E-state index in [9.17, 15) is 5.11 Å². The Morgan fingerprint density at radius 2 is 1.74 bits per heavy atom. The summed E-state index contributed by atoms with van der Waals surface area (Å²) < 4.78 is 0. The van der Waals surface area contributed by atoms with Gasteiger partial charge in [0.05, 0.1) is 22.2 Å². The van der Waals surface area contributed by atoms with Crippen LogP contribution < -0.4 is 5.73 Å². The van der Waals surface area contributed by atoms with Gasteiger partial charge in [0.2, 0.25) is 0 Å². The van der Waals surface area contributed by atoms with Crippen LogP contribution >= 0.6 is 47.2 Å². The molecular weight excluding hydrogens is 328 g/mol. The van der Waals surface area contributed by atoms with Gasteiger partial charge in [-0.15, -0.1) is 12.4 Å². The smallest absolute Gasteiger partial charge is 0.0733 e. The van der Waals surface area contributed by atoms with E-state index in [-0.39, 0.29) is 12.4 Å². The van der Waals surface area contributed by atoms with Crippen LogP contribution in [0.3, 0.4) is 0 Å². The van der Waals surface area contributed by atoms with Crippen molar-refractivity contribution >= 4 is 47.2 Å². The van der Waals surface area contributed by atoms with E-state index in [4.69, 9.17) is 40.5 Å². The van der Waals surface area contributed by atoms with Crippen LogP contribution in [-0.4, -0.2) is 11.2 Å². The second-order valence-corrected chi connectivity index (χ2v) is 6.08. The Labute approximate surface area is 135 Å². The first-order valence-electron chi connectivity index (χ1n) is 5.91. The maximum absolute atomic E-state index is 10.1. The van der Waals surface area contributed by atoms with Crippen LogP contribution in [0.15, 0.2) is 12.1 Å². The van der Waals surface area contributed by atoms with Crippen molar-refractivity contribution < 1.29 is 5.11 Å². The van der Waals surface area contributed by atoms with Gasteiger partial charge in [0.25, 0.3) is 0 Å². The van der Waals surface area contributed by atoms with Crippen molar-refractivity contribution in [1.29, 1.82) is 0 Å². The normalized spacial score (nSPS) is 14.1. The van der Waals surface area contributed by atoms with Crippen LogP contribution in [0.4, 0.5) is 0 Å². The molecule has 3 N–H and O–H groups in total. The molecule has 110 valence electrons. The van der Waals surface area contributed by atoms with Crippen LogP contribution in [-0.2, 0) is 0 Å². The van der Waals surface area contributed by atoms with Gasteiger partial charge >= 0.3 is 0 Å². The molecule has 1 aromatic carbocycles. The van der Waals surface area contributed by atoms with Gasteiger partial charge in [0, 0.05) is 5.02 Å². The molecule has 0 bridgehead atoms. The molecule has 2 nitrogen and oxygen atoms in total. The summed E-state index contributed by atoms with van der Waals surface area (Å²) >= 11 is 17.9. The molecule has 0 radical (unpaired) electrons. The van der Waals surface area contributed by atoms with E-state index in [0.29, 0.717) is 33.0 Å². The zero-order chi connectivity index (χ0) is 13.9. The lowest BCUT2D eigenvalue weighted by molar-refractivity contribution is 0.128. The average molecular weight is 347 g/mol. The van der Waals surface area contributed by atoms with Crippen molar-refractivity contribution in [1.82, 2.24) is 0 Å². The summed E-state index contributed by atoms with van der Waals surface area (Å²) in [5.41, 5.74) is 6.60. The Hall–Kier alpha value is 0.300. The highest BCUT2D eigenvalue weighted by Crippen LogP contribution is 2.34. The first kappa shape index (κ1) is 19.3. The highest BCUT2D eigenvalue weighted by atomic mass is 35.5. The van der Waals surface area contributed by atoms with Crippen LogP contribution in [0.5, 0.6) is 0 Å². The molecule has 1 aromatic rings. The summed E-state index contributed by atoms with van der Waals surface area (Å²) in [5, 5.41) is 11.2. The van der Waals surface area contributed by atoms with Crippen LogP contribution in [0.2, 0.25) is 15.1 Å². The molecule has 0 amide bonds. The van der Waals surface area contributed by atoms with Gasteiger partial charge in [-0.1, -0.05) is 48.7 Å². The SMILES string of the molecule is CC(C)CC[C@@H](O)[C@@H](N)c1cc(Cl)cc(Cl)c1Cl.Cl. The van der Waals surface area contributed by atoms with E-state index in [1.54, 1.807) is 12.1 Å². The van der Waals surface area contributed by atoms with Gasteiger partial charge in [-0.3, -0.25) is 0 Å². The molecule has 0 aliphatic carbocycles. The lowest BCUT2D eigenvalue weighted by Crippen LogP contribution is -2.26. The molecule has 0 saturated heterocycles. The Morgan fingerprint density at radius 1 is 1.16 bits per heavy atom. The molecule has 19 heavy (non-hydrogen) atoms. The average Bonchev–Trinajstić information content (AvgIpc) is 2.29. The van der Waals surface area contributed by atoms with Crippen molar-refractivity contribution in [3.05, 3.63) is 32.8 Å². The maximum Gasteiger partial charge on any atom is 0.0733 e. The van der Waals surface area contributed by atoms with E-state index in [2.05, 4.69) is 13.8 Å². The lowest BCUT2D eigenvalue weighted by Gasteiger charge is -2.21. The highest BCUT2D eigenvalue weighted by Gasteiger charge is 2.21. The van der Waals surface area contributed by atoms with E-state index >= 15 is 0 Å². The Morgan fingerprint density at radius 3 is 2.26 bits per heavy atom. The third-order valence-corrected chi connectivity index (χ3v) is 3.87. The fourth-order valence-electron chi connectivity index (χ4n) is 1.71. The summed E-state index contributed by atoms with van der Waals surface area (Å²) in [6, 6.07) is 2.63. The number of halogens is 4. The quantitative estimate of drug-likeness (QED) is 0.747. The molecule has 1 rings (SSSR count). The summed E-state index contributed by atoms with van der Waals surface area (Å²) in [7, 11) is 0. The summed E-state index contributed by atoms with van der Waals surface area (Å²) in [6.45, 7) is 4.20. The molecule has 0 heterocycles. The molecule has 0 saturated carbocycles. The second kappa shape index (κ2) is 8.56. The van der Waals surface area contributed by atoms with Gasteiger partial charge in [-0.25, -0.2) is 0 Å². The standard InChI is InChI=1S/C13H18Cl3NO.ClH/c1-7(2)3-4-11(18)13(17)9-5-8(14)6-10(15)12(9)16;/h5-7,11,13,18H,3-4,17H2,1-2H3;1H/t11-,13+;/m1./s1. The topological polar surface area (TPSA) is 46.2 Å². The predicted molar refractivity (Wildman–Crippen MR) is 85.7 cm³/mol. The Bertz CT molecular complexity index is 412. The van der Waals surface area contributed by atoms with Gasteiger partial charge < -0.3 is 10.8 Å². The fraction of sp³-hybridized carbons (Fsp3) is 0.538. The lowest BCUT2D eigenvalue weighted by atomic mass is 9.96. The largest absolute Gasteiger partial charge is 0.391 e. The molecule has 0 spiro atoms. The van der Waals surface area contributed by atoms with Crippen molar-refractivity contribution in [3.8, 4) is 0 Å². The van der Waals surface area contributed by atoms with Crippen LogP contribution in [0.1, 0.15) is 38.3 Å². The van der Waals surface area contributed by atoms with E-state index in [1.807, 2.05) is 0 Å². The minimum Gasteiger partial charge on any atom is -0.391 e. The molecule has 0 fully saturated rings. The van der Waals surface area contributed by atoms with Crippen molar-refractivity contribution in [2.45, 2.75) is 38.8 Å².